The van der Waals surface area contributed by atoms with Crippen LogP contribution in [0.4, 0.5) is 0 Å². The van der Waals surface area contributed by atoms with Crippen molar-refractivity contribution in [2.75, 3.05) is 6.54 Å². The van der Waals surface area contributed by atoms with Gasteiger partial charge in [0.15, 0.2) is 5.78 Å². The highest BCUT2D eigenvalue weighted by molar-refractivity contribution is 7.89. The van der Waals surface area contributed by atoms with Crippen LogP contribution in [0.1, 0.15) is 56.8 Å². The van der Waals surface area contributed by atoms with E-state index >= 15 is 0 Å². The second-order valence-electron chi connectivity index (χ2n) is 6.53. The summed E-state index contributed by atoms with van der Waals surface area (Å²) in [6.07, 6.45) is 2.87. The smallest absolute Gasteiger partial charge is 0.243 e. The van der Waals surface area contributed by atoms with Crippen molar-refractivity contribution in [2.24, 2.45) is 0 Å². The second kappa shape index (κ2) is 8.10. The lowest BCUT2D eigenvalue weighted by Gasteiger charge is -2.34. The number of carbonyl (C=O) groups excluding carboxylic acids is 2. The fourth-order valence-electron chi connectivity index (χ4n) is 2.89. The van der Waals surface area contributed by atoms with Crippen LogP contribution in [0.25, 0.3) is 0 Å². The molecule has 1 amide bonds. The van der Waals surface area contributed by atoms with Gasteiger partial charge in [0.2, 0.25) is 15.9 Å². The number of hydrogen-bond donors (Lipinski definition) is 1. The van der Waals surface area contributed by atoms with Gasteiger partial charge in [0, 0.05) is 18.2 Å². The molecule has 7 heteroatoms. The Balaban J connectivity index is 2.28. The van der Waals surface area contributed by atoms with E-state index in [0.29, 0.717) is 18.5 Å². The summed E-state index contributed by atoms with van der Waals surface area (Å²) in [7, 11) is -3.78. The van der Waals surface area contributed by atoms with Crippen LogP contribution >= 0.6 is 0 Å². The highest BCUT2D eigenvalue weighted by Gasteiger charge is 2.37. The largest absolute Gasteiger partial charge is 0.352 e. The number of carbonyl (C=O) groups is 2. The summed E-state index contributed by atoms with van der Waals surface area (Å²) in [6, 6.07) is 5.21. The van der Waals surface area contributed by atoms with Crippen LogP contribution < -0.4 is 5.32 Å². The fraction of sp³-hybridized carbons (Fsp3) is 0.556. The van der Waals surface area contributed by atoms with Crippen LogP contribution in [0.2, 0.25) is 0 Å². The van der Waals surface area contributed by atoms with E-state index in [-0.39, 0.29) is 22.6 Å². The maximum atomic E-state index is 13.0. The Morgan fingerprint density at radius 1 is 1.24 bits per heavy atom. The first-order valence-electron chi connectivity index (χ1n) is 8.70. The summed E-state index contributed by atoms with van der Waals surface area (Å²) < 4.78 is 27.3. The Morgan fingerprint density at radius 2 is 1.88 bits per heavy atom. The number of benzene rings is 1. The van der Waals surface area contributed by atoms with Gasteiger partial charge in [0.1, 0.15) is 6.04 Å². The minimum atomic E-state index is -3.78. The van der Waals surface area contributed by atoms with E-state index in [1.54, 1.807) is 0 Å². The third-order valence-electron chi connectivity index (χ3n) is 4.62. The molecule has 1 aliphatic heterocycles. The molecule has 1 heterocycles. The zero-order chi connectivity index (χ0) is 18.6. The lowest BCUT2D eigenvalue weighted by atomic mass is 10.0. The first-order chi connectivity index (χ1) is 11.8. The first kappa shape index (κ1) is 19.6. The number of ketones is 1. The van der Waals surface area contributed by atoms with Crippen LogP contribution in [-0.4, -0.2) is 43.0 Å². The monoisotopic (exact) mass is 366 g/mol. The maximum Gasteiger partial charge on any atom is 0.243 e. The van der Waals surface area contributed by atoms with Crippen molar-refractivity contribution in [3.05, 3.63) is 29.8 Å². The number of amides is 1. The summed E-state index contributed by atoms with van der Waals surface area (Å²) in [5.41, 5.74) is 0.462. The number of piperidine rings is 1. The molecule has 6 nitrogen and oxygen atoms in total. The van der Waals surface area contributed by atoms with Gasteiger partial charge < -0.3 is 5.32 Å². The van der Waals surface area contributed by atoms with Crippen molar-refractivity contribution in [1.29, 1.82) is 0 Å². The Hall–Kier alpha value is -1.73. The summed E-state index contributed by atoms with van der Waals surface area (Å²) in [5.74, 6) is -0.356. The van der Waals surface area contributed by atoms with E-state index < -0.39 is 16.1 Å². The van der Waals surface area contributed by atoms with Gasteiger partial charge in [-0.05, 0) is 45.2 Å². The number of rotatable bonds is 6. The number of hydrogen-bond acceptors (Lipinski definition) is 4. The summed E-state index contributed by atoms with van der Waals surface area (Å²) >= 11 is 0. The van der Waals surface area contributed by atoms with Crippen molar-refractivity contribution in [1.82, 2.24) is 9.62 Å². The maximum absolute atomic E-state index is 13.0. The molecule has 138 valence electrons. The van der Waals surface area contributed by atoms with Crippen molar-refractivity contribution < 1.29 is 18.0 Å². The molecule has 1 fully saturated rings. The first-order valence-corrected chi connectivity index (χ1v) is 10.1. The predicted octanol–water partition coefficient (Wildman–Crippen LogP) is 2.35. The molecule has 1 aromatic rings. The highest BCUT2D eigenvalue weighted by Crippen LogP contribution is 2.26. The van der Waals surface area contributed by atoms with Crippen LogP contribution in [0.15, 0.2) is 29.2 Å². The normalized spacial score (nSPS) is 20.0. The van der Waals surface area contributed by atoms with Crippen molar-refractivity contribution in [2.45, 2.75) is 63.4 Å². The Kier molecular flexibility index (Phi) is 6.35. The van der Waals surface area contributed by atoms with Crippen molar-refractivity contribution in [3.8, 4) is 0 Å². The number of nitrogens with one attached hydrogen (secondary N) is 1. The summed E-state index contributed by atoms with van der Waals surface area (Å²) in [6.45, 7) is 5.63. The van der Waals surface area contributed by atoms with Crippen molar-refractivity contribution >= 4 is 21.7 Å². The molecule has 2 unspecified atom stereocenters. The lowest BCUT2D eigenvalue weighted by molar-refractivity contribution is -0.126. The molecule has 0 saturated carbocycles. The van der Waals surface area contributed by atoms with E-state index in [0.717, 1.165) is 19.3 Å². The van der Waals surface area contributed by atoms with Gasteiger partial charge in [0.25, 0.3) is 0 Å². The molecule has 1 N–H and O–H groups in total. The van der Waals surface area contributed by atoms with Crippen LogP contribution in [-0.2, 0) is 14.8 Å². The number of sulfonamides is 1. The number of nitrogens with zero attached hydrogens (tertiary/aromatic N) is 1. The zero-order valence-electron chi connectivity index (χ0n) is 15.0. The third kappa shape index (κ3) is 4.46. The Morgan fingerprint density at radius 3 is 2.44 bits per heavy atom. The SMILES string of the molecule is CCC(C)NC(=O)C1CCCCN1S(=O)(=O)c1ccc(C(C)=O)cc1. The molecular formula is C18H26N2O4S. The van der Waals surface area contributed by atoms with E-state index in [9.17, 15) is 18.0 Å². The van der Waals surface area contributed by atoms with E-state index in [1.807, 2.05) is 13.8 Å². The minimum absolute atomic E-state index is 0.00818. The molecule has 25 heavy (non-hydrogen) atoms. The zero-order valence-corrected chi connectivity index (χ0v) is 15.8. The summed E-state index contributed by atoms with van der Waals surface area (Å²) in [5, 5.41) is 2.89. The fourth-order valence-corrected chi connectivity index (χ4v) is 4.55. The topological polar surface area (TPSA) is 83.6 Å². The lowest BCUT2D eigenvalue weighted by Crippen LogP contribution is -2.53. The molecule has 1 aromatic carbocycles. The molecule has 0 aliphatic carbocycles. The van der Waals surface area contributed by atoms with Gasteiger partial charge in [-0.2, -0.15) is 4.31 Å². The predicted molar refractivity (Wildman–Crippen MR) is 95.9 cm³/mol. The van der Waals surface area contributed by atoms with E-state index in [4.69, 9.17) is 0 Å². The highest BCUT2D eigenvalue weighted by atomic mass is 32.2. The van der Waals surface area contributed by atoms with Gasteiger partial charge in [-0.15, -0.1) is 0 Å². The van der Waals surface area contributed by atoms with E-state index in [1.165, 1.54) is 35.5 Å². The molecule has 0 aromatic heterocycles. The number of Topliss-reactive ketones (excluding diaryl/α,β-unsaturated/α-hetero) is 1. The molecule has 2 atom stereocenters. The van der Waals surface area contributed by atoms with Gasteiger partial charge in [0.05, 0.1) is 4.90 Å². The van der Waals surface area contributed by atoms with Gasteiger partial charge >= 0.3 is 0 Å². The Bertz CT molecular complexity index is 728. The second-order valence-corrected chi connectivity index (χ2v) is 8.42. The Labute approximate surface area is 149 Å². The molecule has 0 bridgehead atoms. The van der Waals surface area contributed by atoms with Crippen LogP contribution in [0.3, 0.4) is 0 Å². The standard InChI is InChI=1S/C18H26N2O4S/c1-4-13(2)19-18(22)17-7-5-6-12-20(17)25(23,24)16-10-8-15(9-11-16)14(3)21/h8-11,13,17H,4-7,12H2,1-3H3,(H,19,22). The van der Waals surface area contributed by atoms with Crippen molar-refractivity contribution in [3.63, 3.8) is 0 Å². The van der Waals surface area contributed by atoms with Crippen LogP contribution in [0.5, 0.6) is 0 Å². The summed E-state index contributed by atoms with van der Waals surface area (Å²) in [4.78, 5) is 24.0. The molecule has 2 rings (SSSR count). The van der Waals surface area contributed by atoms with Gasteiger partial charge in [-0.1, -0.05) is 25.5 Å². The van der Waals surface area contributed by atoms with Gasteiger partial charge in [-0.25, -0.2) is 8.42 Å². The molecule has 1 aliphatic rings. The minimum Gasteiger partial charge on any atom is -0.352 e. The molecular weight excluding hydrogens is 340 g/mol. The third-order valence-corrected chi connectivity index (χ3v) is 6.55. The van der Waals surface area contributed by atoms with E-state index in [2.05, 4.69) is 5.32 Å². The molecule has 1 saturated heterocycles. The molecule has 0 spiro atoms. The van der Waals surface area contributed by atoms with Gasteiger partial charge in [-0.3, -0.25) is 9.59 Å². The van der Waals surface area contributed by atoms with Crippen LogP contribution in [0, 0.1) is 0 Å². The quantitative estimate of drug-likeness (QED) is 0.783. The average Bonchev–Trinajstić information content (AvgIpc) is 2.61. The molecule has 0 radical (unpaired) electrons. The average molecular weight is 366 g/mol.